The average molecular weight is 365 g/mol. The van der Waals surface area contributed by atoms with Crippen LogP contribution < -0.4 is 15.2 Å². The molecule has 0 amide bonds. The second-order valence-corrected chi connectivity index (χ2v) is 8.95. The lowest BCUT2D eigenvalue weighted by atomic mass is 10.3. The molecule has 0 heterocycles. The van der Waals surface area contributed by atoms with Gasteiger partial charge in [0.1, 0.15) is 10.6 Å². The second-order valence-electron chi connectivity index (χ2n) is 4.98. The van der Waals surface area contributed by atoms with Crippen molar-refractivity contribution in [2.75, 3.05) is 31.2 Å². The Kier molecular flexibility index (Phi) is 6.40. The predicted molar refractivity (Wildman–Crippen MR) is 89.5 cm³/mol. The van der Waals surface area contributed by atoms with Gasteiger partial charge in [-0.2, -0.15) is 4.31 Å². The minimum atomic E-state index is -3.81. The average Bonchev–Trinajstić information content (AvgIpc) is 2.52. The highest BCUT2D eigenvalue weighted by atomic mass is 32.2. The summed E-state index contributed by atoms with van der Waals surface area (Å²) in [6.07, 6.45) is 0. The van der Waals surface area contributed by atoms with E-state index in [1.54, 1.807) is 6.92 Å². The Hall–Kier alpha value is -1.36. The third-order valence-corrected chi connectivity index (χ3v) is 6.75. The first-order chi connectivity index (χ1) is 10.6. The van der Waals surface area contributed by atoms with E-state index < -0.39 is 20.0 Å². The molecule has 0 saturated carbocycles. The van der Waals surface area contributed by atoms with Crippen LogP contribution in [0.4, 0.5) is 5.69 Å². The van der Waals surface area contributed by atoms with Crippen molar-refractivity contribution in [3.05, 3.63) is 18.2 Å². The van der Waals surface area contributed by atoms with Crippen molar-refractivity contribution in [3.8, 4) is 5.75 Å². The minimum absolute atomic E-state index is 0.0531. The van der Waals surface area contributed by atoms with Crippen LogP contribution in [0.3, 0.4) is 0 Å². The second kappa shape index (κ2) is 7.47. The Morgan fingerprint density at radius 1 is 1.30 bits per heavy atom. The first-order valence-electron chi connectivity index (χ1n) is 6.95. The van der Waals surface area contributed by atoms with Gasteiger partial charge in [-0.25, -0.2) is 16.8 Å². The highest BCUT2D eigenvalue weighted by Gasteiger charge is 2.28. The van der Waals surface area contributed by atoms with E-state index in [9.17, 15) is 16.8 Å². The number of hydrogen-bond donors (Lipinski definition) is 2. The SMILES string of the molecule is CCS(=O)(=O)Nc1ccc(S(=O)(=O)N(C)C(C)CN)c(OC)c1. The first kappa shape index (κ1) is 19.7. The summed E-state index contributed by atoms with van der Waals surface area (Å²) in [4.78, 5) is -0.0535. The van der Waals surface area contributed by atoms with Gasteiger partial charge in [-0.15, -0.1) is 0 Å². The summed E-state index contributed by atoms with van der Waals surface area (Å²) in [5, 5.41) is 0. The number of nitrogens with zero attached hydrogens (tertiary/aromatic N) is 1. The molecule has 0 radical (unpaired) electrons. The standard InChI is InChI=1S/C13H23N3O5S2/c1-5-22(17,18)15-11-6-7-13(12(8-11)21-4)23(19,20)16(3)10(2)9-14/h6-8,10,15H,5,9,14H2,1-4H3. The summed E-state index contributed by atoms with van der Waals surface area (Å²) in [7, 11) is -4.52. The molecule has 0 aliphatic rings. The molecule has 1 rings (SSSR count). The number of benzene rings is 1. The molecule has 132 valence electrons. The number of nitrogens with one attached hydrogen (secondary N) is 1. The van der Waals surface area contributed by atoms with Crippen LogP contribution in [-0.2, 0) is 20.0 Å². The topological polar surface area (TPSA) is 119 Å². The van der Waals surface area contributed by atoms with Gasteiger partial charge in [-0.3, -0.25) is 4.72 Å². The maximum Gasteiger partial charge on any atom is 0.246 e. The van der Waals surface area contributed by atoms with Crippen LogP contribution in [0.5, 0.6) is 5.75 Å². The fourth-order valence-corrected chi connectivity index (χ4v) is 3.87. The Morgan fingerprint density at radius 3 is 2.39 bits per heavy atom. The Labute approximate surface area is 137 Å². The van der Waals surface area contributed by atoms with Gasteiger partial charge >= 0.3 is 0 Å². The van der Waals surface area contributed by atoms with Crippen molar-refractivity contribution in [1.82, 2.24) is 4.31 Å². The van der Waals surface area contributed by atoms with Gasteiger partial charge in [0.05, 0.1) is 18.6 Å². The van der Waals surface area contributed by atoms with Crippen molar-refractivity contribution >= 4 is 25.7 Å². The van der Waals surface area contributed by atoms with Crippen LogP contribution in [0, 0.1) is 0 Å². The van der Waals surface area contributed by atoms with Gasteiger partial charge in [0, 0.05) is 25.7 Å². The van der Waals surface area contributed by atoms with Crippen molar-refractivity contribution < 1.29 is 21.6 Å². The number of methoxy groups -OCH3 is 1. The Balaban J connectivity index is 3.29. The predicted octanol–water partition coefficient (Wildman–Crippen LogP) is 0.425. The number of sulfonamides is 2. The van der Waals surface area contributed by atoms with Crippen LogP contribution in [0.15, 0.2) is 23.1 Å². The molecule has 0 bridgehead atoms. The maximum atomic E-state index is 12.6. The molecular formula is C13H23N3O5S2. The summed E-state index contributed by atoms with van der Waals surface area (Å²) < 4.78 is 57.0. The van der Waals surface area contributed by atoms with Crippen molar-refractivity contribution in [3.63, 3.8) is 0 Å². The smallest absolute Gasteiger partial charge is 0.246 e. The molecule has 8 nitrogen and oxygen atoms in total. The number of likely N-dealkylation sites (N-methyl/N-ethyl adjacent to an activating group) is 1. The lowest BCUT2D eigenvalue weighted by Gasteiger charge is -2.24. The molecule has 10 heteroatoms. The van der Waals surface area contributed by atoms with Gasteiger partial charge < -0.3 is 10.5 Å². The van der Waals surface area contributed by atoms with Crippen molar-refractivity contribution in [2.45, 2.75) is 24.8 Å². The molecule has 0 aliphatic carbocycles. The number of ether oxygens (including phenoxy) is 1. The van der Waals surface area contributed by atoms with Gasteiger partial charge in [0.25, 0.3) is 0 Å². The Morgan fingerprint density at radius 2 is 1.91 bits per heavy atom. The summed E-state index contributed by atoms with van der Waals surface area (Å²) in [5.41, 5.74) is 5.75. The molecule has 0 saturated heterocycles. The molecule has 3 N–H and O–H groups in total. The lowest BCUT2D eigenvalue weighted by molar-refractivity contribution is 0.380. The van der Waals surface area contributed by atoms with Crippen LogP contribution >= 0.6 is 0 Å². The minimum Gasteiger partial charge on any atom is -0.495 e. The molecule has 0 spiro atoms. The first-order valence-corrected chi connectivity index (χ1v) is 10.0. The van der Waals surface area contributed by atoms with Gasteiger partial charge in [0.15, 0.2) is 0 Å². The fourth-order valence-electron chi connectivity index (χ4n) is 1.74. The number of hydrogen-bond acceptors (Lipinski definition) is 6. The quantitative estimate of drug-likeness (QED) is 0.689. The zero-order chi connectivity index (χ0) is 17.8. The van der Waals surface area contributed by atoms with E-state index in [0.29, 0.717) is 0 Å². The highest BCUT2D eigenvalue weighted by molar-refractivity contribution is 7.92. The summed E-state index contributed by atoms with van der Waals surface area (Å²) in [5.74, 6) is -0.0380. The highest BCUT2D eigenvalue weighted by Crippen LogP contribution is 2.30. The van der Waals surface area contributed by atoms with Crippen LogP contribution in [0.25, 0.3) is 0 Å². The van der Waals surface area contributed by atoms with E-state index in [1.165, 1.54) is 39.3 Å². The molecule has 0 aliphatic heterocycles. The third-order valence-electron chi connectivity index (χ3n) is 3.44. The molecule has 0 aromatic heterocycles. The van der Waals surface area contributed by atoms with E-state index in [-0.39, 0.29) is 34.7 Å². The monoisotopic (exact) mass is 365 g/mol. The van der Waals surface area contributed by atoms with Crippen LogP contribution in [0.1, 0.15) is 13.8 Å². The van der Waals surface area contributed by atoms with Crippen LogP contribution in [-0.4, -0.2) is 53.6 Å². The van der Waals surface area contributed by atoms with Crippen molar-refractivity contribution in [1.29, 1.82) is 0 Å². The lowest BCUT2D eigenvalue weighted by Crippen LogP contribution is -2.39. The summed E-state index contributed by atoms with van der Waals surface area (Å²) in [6.45, 7) is 3.36. The zero-order valence-corrected chi connectivity index (χ0v) is 15.2. The van der Waals surface area contributed by atoms with Gasteiger partial charge in [-0.1, -0.05) is 0 Å². The normalized spacial score (nSPS) is 13.8. The van der Waals surface area contributed by atoms with E-state index in [1.807, 2.05) is 0 Å². The maximum absolute atomic E-state index is 12.6. The largest absolute Gasteiger partial charge is 0.495 e. The summed E-state index contributed by atoms with van der Waals surface area (Å²) >= 11 is 0. The number of anilines is 1. The molecule has 1 aromatic carbocycles. The molecule has 1 unspecified atom stereocenters. The van der Waals surface area contributed by atoms with Crippen molar-refractivity contribution in [2.24, 2.45) is 5.73 Å². The summed E-state index contributed by atoms with van der Waals surface area (Å²) in [6, 6.07) is 3.63. The van der Waals surface area contributed by atoms with Gasteiger partial charge in [0.2, 0.25) is 20.0 Å². The van der Waals surface area contributed by atoms with Gasteiger partial charge in [-0.05, 0) is 26.0 Å². The molecule has 0 fully saturated rings. The Bertz CT molecular complexity index is 747. The fraction of sp³-hybridized carbons (Fsp3) is 0.538. The molecule has 1 atom stereocenters. The van der Waals surface area contributed by atoms with E-state index in [4.69, 9.17) is 10.5 Å². The zero-order valence-electron chi connectivity index (χ0n) is 13.6. The molecule has 23 heavy (non-hydrogen) atoms. The van der Waals surface area contributed by atoms with E-state index in [0.717, 1.165) is 4.31 Å². The van der Waals surface area contributed by atoms with E-state index in [2.05, 4.69) is 4.72 Å². The van der Waals surface area contributed by atoms with E-state index >= 15 is 0 Å². The number of rotatable bonds is 8. The number of nitrogens with two attached hydrogens (primary N) is 1. The third kappa shape index (κ3) is 4.56. The van der Waals surface area contributed by atoms with Crippen LogP contribution in [0.2, 0.25) is 0 Å². The molecule has 1 aromatic rings. The molecular weight excluding hydrogens is 342 g/mol.